The van der Waals surface area contributed by atoms with Crippen LogP contribution in [0.25, 0.3) is 0 Å². The molecule has 2 rings (SSSR count). The third-order valence-corrected chi connectivity index (χ3v) is 12.1. The molecule has 2 heterocycles. The van der Waals surface area contributed by atoms with Gasteiger partial charge < -0.3 is 65.1 Å². The van der Waals surface area contributed by atoms with Crippen LogP contribution >= 0.6 is 0 Å². The Kier molecular flexibility index (Phi) is 35.9. The van der Waals surface area contributed by atoms with Crippen molar-refractivity contribution in [1.29, 1.82) is 0 Å². The van der Waals surface area contributed by atoms with Crippen molar-refractivity contribution < 1.29 is 64.6 Å². The molecule has 12 atom stereocenters. The molecule has 14 nitrogen and oxygen atoms in total. The molecule has 14 heteroatoms. The molecule has 2 saturated heterocycles. The van der Waals surface area contributed by atoms with Crippen LogP contribution in [0.1, 0.15) is 155 Å². The topological polar surface area (TPSA) is 228 Å². The highest BCUT2D eigenvalue weighted by Crippen LogP contribution is 2.30. The molecule has 0 aromatic rings. The van der Waals surface area contributed by atoms with Crippen LogP contribution in [-0.2, 0) is 23.7 Å². The minimum absolute atomic E-state index is 0.235. The van der Waals surface area contributed by atoms with Crippen LogP contribution in [0.15, 0.2) is 85.1 Å². The van der Waals surface area contributed by atoms with Crippen LogP contribution in [-0.4, -0.2) is 140 Å². The normalized spacial score (nSPS) is 27.1. The smallest absolute Gasteiger partial charge is 0.220 e. The van der Waals surface area contributed by atoms with E-state index >= 15 is 0 Å². The minimum Gasteiger partial charge on any atom is -0.394 e. The lowest BCUT2D eigenvalue weighted by Gasteiger charge is -2.46. The third kappa shape index (κ3) is 26.4. The van der Waals surface area contributed by atoms with E-state index in [4.69, 9.17) is 18.9 Å². The molecule has 9 N–H and O–H groups in total. The Balaban J connectivity index is 1.72. The summed E-state index contributed by atoms with van der Waals surface area (Å²) in [6, 6.07) is -0.842. The zero-order valence-corrected chi connectivity index (χ0v) is 41.3. The van der Waals surface area contributed by atoms with E-state index in [-0.39, 0.29) is 18.9 Å². The predicted molar refractivity (Wildman–Crippen MR) is 267 cm³/mol. The first kappa shape index (κ1) is 61.3. The molecule has 0 aromatic heterocycles. The zero-order valence-electron chi connectivity index (χ0n) is 41.3. The Morgan fingerprint density at radius 2 is 1.01 bits per heavy atom. The summed E-state index contributed by atoms with van der Waals surface area (Å²) >= 11 is 0. The summed E-state index contributed by atoms with van der Waals surface area (Å²) in [7, 11) is 0. The highest BCUT2D eigenvalue weighted by atomic mass is 16.7. The lowest BCUT2D eigenvalue weighted by molar-refractivity contribution is -0.359. The molecule has 2 aliphatic rings. The van der Waals surface area contributed by atoms with Crippen LogP contribution in [0.3, 0.4) is 0 Å². The maximum absolute atomic E-state index is 13.1. The maximum Gasteiger partial charge on any atom is 0.220 e. The van der Waals surface area contributed by atoms with Crippen molar-refractivity contribution in [3.63, 3.8) is 0 Å². The minimum atomic E-state index is -1.79. The molecule has 390 valence electrons. The van der Waals surface area contributed by atoms with Crippen molar-refractivity contribution in [3.8, 4) is 0 Å². The number of allylic oxidation sites excluding steroid dienone is 14. The van der Waals surface area contributed by atoms with Gasteiger partial charge in [-0.1, -0.05) is 163 Å². The maximum atomic E-state index is 13.1. The average Bonchev–Trinajstić information content (AvgIpc) is 3.34. The monoisotopic (exact) mass is 962 g/mol. The summed E-state index contributed by atoms with van der Waals surface area (Å²) in [4.78, 5) is 13.1. The van der Waals surface area contributed by atoms with Gasteiger partial charge in [0.2, 0.25) is 5.91 Å². The van der Waals surface area contributed by atoms with Crippen molar-refractivity contribution >= 4 is 5.91 Å². The molecule has 0 aliphatic carbocycles. The summed E-state index contributed by atoms with van der Waals surface area (Å²) < 4.78 is 22.6. The third-order valence-electron chi connectivity index (χ3n) is 12.1. The fourth-order valence-electron chi connectivity index (χ4n) is 7.92. The number of amides is 1. The van der Waals surface area contributed by atoms with Crippen molar-refractivity contribution in [2.45, 2.75) is 229 Å². The summed E-state index contributed by atoms with van der Waals surface area (Å²) in [6.07, 6.45) is 34.8. The number of ether oxygens (including phenoxy) is 4. The van der Waals surface area contributed by atoms with E-state index < -0.39 is 86.8 Å². The molecule has 0 radical (unpaired) electrons. The van der Waals surface area contributed by atoms with E-state index in [0.717, 1.165) is 109 Å². The van der Waals surface area contributed by atoms with Crippen molar-refractivity contribution in [3.05, 3.63) is 85.1 Å². The molecule has 1 amide bonds. The summed E-state index contributed by atoms with van der Waals surface area (Å²) in [5.41, 5.74) is 0. The summed E-state index contributed by atoms with van der Waals surface area (Å²) in [5, 5.41) is 86.6. The SMILES string of the molecule is CC/C=C\C/C=C\C/C=C\C/C=C\C/C=C\C/C=C\C/C=C\CCCCCCCC(=O)NC(COC1OC(CO)C(OC2OC(CO)C(O)C(O)C2O)C(O)C1O)C(O)CCCCCCCCC. The quantitative estimate of drug-likeness (QED) is 0.0225. The van der Waals surface area contributed by atoms with E-state index in [1.165, 1.54) is 12.8 Å². The van der Waals surface area contributed by atoms with E-state index in [1.54, 1.807) is 0 Å². The van der Waals surface area contributed by atoms with E-state index in [9.17, 15) is 45.6 Å². The molecule has 0 aromatic carbocycles. The lowest BCUT2D eigenvalue weighted by atomic mass is 9.97. The molecule has 0 spiro atoms. The van der Waals surface area contributed by atoms with Crippen LogP contribution < -0.4 is 5.32 Å². The van der Waals surface area contributed by atoms with Crippen molar-refractivity contribution in [2.24, 2.45) is 0 Å². The second-order valence-corrected chi connectivity index (χ2v) is 17.9. The Labute approximate surface area is 408 Å². The summed E-state index contributed by atoms with van der Waals surface area (Å²) in [5.74, 6) is -0.235. The number of nitrogens with one attached hydrogen (secondary N) is 1. The average molecular weight is 962 g/mol. The number of aliphatic hydroxyl groups excluding tert-OH is 8. The van der Waals surface area contributed by atoms with Gasteiger partial charge in [0.25, 0.3) is 0 Å². The van der Waals surface area contributed by atoms with E-state index in [1.807, 2.05) is 0 Å². The number of unbranched alkanes of at least 4 members (excludes halogenated alkanes) is 11. The predicted octanol–water partition coefficient (Wildman–Crippen LogP) is 6.99. The van der Waals surface area contributed by atoms with Gasteiger partial charge in [0.1, 0.15) is 48.8 Å². The van der Waals surface area contributed by atoms with Gasteiger partial charge in [-0.3, -0.25) is 4.79 Å². The first-order chi connectivity index (χ1) is 33.1. The number of rotatable bonds is 38. The number of carbonyl (C=O) groups is 1. The summed E-state index contributed by atoms with van der Waals surface area (Å²) in [6.45, 7) is 2.64. The van der Waals surface area contributed by atoms with Gasteiger partial charge in [-0.2, -0.15) is 0 Å². The molecular formula is C54H91NO13. The van der Waals surface area contributed by atoms with Gasteiger partial charge in [0.15, 0.2) is 12.6 Å². The van der Waals surface area contributed by atoms with E-state index in [0.29, 0.717) is 12.8 Å². The Morgan fingerprint density at radius 3 is 1.56 bits per heavy atom. The van der Waals surface area contributed by atoms with Crippen molar-refractivity contribution in [2.75, 3.05) is 19.8 Å². The zero-order chi connectivity index (χ0) is 49.6. The van der Waals surface area contributed by atoms with Crippen LogP contribution in [0.2, 0.25) is 0 Å². The Morgan fingerprint density at radius 1 is 0.544 bits per heavy atom. The standard InChI is InChI=1S/C54H91NO13/c1-3-5-7-9-11-12-13-14-15-16-17-18-19-20-21-22-23-24-25-26-27-28-29-30-32-34-36-38-46(59)55-42(43(58)37-35-33-31-10-8-6-4-2)41-65-53-51(64)49(62)52(45(40-57)67-53)68-54-50(63)48(61)47(60)44(39-56)66-54/h5,7,11-12,14-15,17-18,20-21,23-24,26-27,42-45,47-54,56-58,60-64H,3-4,6,8-10,13,16,19,22,25,28-41H2,1-2H3,(H,55,59)/b7-5-,12-11-,15-14-,18-17-,21-20-,24-23-,27-26-. The highest BCUT2D eigenvalue weighted by Gasteiger charge is 2.51. The fraction of sp³-hybridized carbons (Fsp3) is 0.722. The Hall–Kier alpha value is -2.83. The number of aliphatic hydroxyl groups is 8. The lowest BCUT2D eigenvalue weighted by Crippen LogP contribution is -2.65. The first-order valence-corrected chi connectivity index (χ1v) is 25.8. The number of carbonyl (C=O) groups excluding carboxylic acids is 1. The fourth-order valence-corrected chi connectivity index (χ4v) is 7.92. The molecule has 0 saturated carbocycles. The Bertz CT molecular complexity index is 1460. The second-order valence-electron chi connectivity index (χ2n) is 17.9. The molecule has 12 unspecified atom stereocenters. The van der Waals surface area contributed by atoms with Crippen molar-refractivity contribution in [1.82, 2.24) is 5.32 Å². The van der Waals surface area contributed by atoms with Gasteiger partial charge >= 0.3 is 0 Å². The number of hydrogen-bond acceptors (Lipinski definition) is 13. The second kappa shape index (κ2) is 39.8. The molecule has 0 bridgehead atoms. The van der Waals surface area contributed by atoms with Crippen LogP contribution in [0, 0.1) is 0 Å². The van der Waals surface area contributed by atoms with Gasteiger partial charge in [-0.05, 0) is 70.6 Å². The van der Waals surface area contributed by atoms with Gasteiger partial charge in [-0.15, -0.1) is 0 Å². The molecule has 2 fully saturated rings. The molecule has 2 aliphatic heterocycles. The van der Waals surface area contributed by atoms with Gasteiger partial charge in [-0.25, -0.2) is 0 Å². The van der Waals surface area contributed by atoms with Gasteiger partial charge in [0, 0.05) is 6.42 Å². The molecule has 68 heavy (non-hydrogen) atoms. The first-order valence-electron chi connectivity index (χ1n) is 25.8. The number of hydrogen-bond donors (Lipinski definition) is 9. The largest absolute Gasteiger partial charge is 0.394 e. The van der Waals surface area contributed by atoms with Gasteiger partial charge in [0.05, 0.1) is 32.0 Å². The molecular weight excluding hydrogens is 871 g/mol. The van der Waals surface area contributed by atoms with Crippen LogP contribution in [0.5, 0.6) is 0 Å². The van der Waals surface area contributed by atoms with Crippen LogP contribution in [0.4, 0.5) is 0 Å². The van der Waals surface area contributed by atoms with E-state index in [2.05, 4.69) is 104 Å². The highest BCUT2D eigenvalue weighted by molar-refractivity contribution is 5.76.